The van der Waals surface area contributed by atoms with Crippen LogP contribution in [0, 0.1) is 5.92 Å². The van der Waals surface area contributed by atoms with Gasteiger partial charge < -0.3 is 4.29 Å². The number of halogens is 2. The Morgan fingerprint density at radius 2 is 2.20 bits per heavy atom. The van der Waals surface area contributed by atoms with E-state index in [1.54, 1.807) is 0 Å². The molecule has 0 aromatic rings. The van der Waals surface area contributed by atoms with Gasteiger partial charge in [0.1, 0.15) is 11.9 Å². The summed E-state index contributed by atoms with van der Waals surface area (Å²) in [6.45, 7) is 1.94. The molecule has 0 saturated heterocycles. The summed E-state index contributed by atoms with van der Waals surface area (Å²) in [5.41, 5.74) is 0. The molecule has 0 aromatic carbocycles. The van der Waals surface area contributed by atoms with E-state index >= 15 is 0 Å². The van der Waals surface area contributed by atoms with Gasteiger partial charge in [0.15, 0.2) is 0 Å². The second-order valence-electron chi connectivity index (χ2n) is 1.78. The first-order valence-electron chi connectivity index (χ1n) is 2.82. The molecule has 60 valence electrons. The molecule has 1 unspecified atom stereocenters. The van der Waals surface area contributed by atoms with Gasteiger partial charge in [0.25, 0.3) is 0 Å². The van der Waals surface area contributed by atoms with Gasteiger partial charge in [-0.1, -0.05) is 6.92 Å². The Bertz CT molecular complexity index is 107. The fourth-order valence-electron chi connectivity index (χ4n) is 0.492. The van der Waals surface area contributed by atoms with Gasteiger partial charge >= 0.3 is 5.97 Å². The summed E-state index contributed by atoms with van der Waals surface area (Å²) in [5, 5.41) is 0. The molecule has 10 heavy (non-hydrogen) atoms. The zero-order valence-corrected chi connectivity index (χ0v) is 6.98. The largest absolute Gasteiger partial charge is 0.347 e. The summed E-state index contributed by atoms with van der Waals surface area (Å²) < 4.78 is 8.18. The zero-order chi connectivity index (χ0) is 7.98. The minimum Gasteiger partial charge on any atom is -0.347 e. The summed E-state index contributed by atoms with van der Waals surface area (Å²) in [5.74, 6) is -0.875. The molecule has 0 N–H and O–H groups in total. The molecule has 0 amide bonds. The van der Waals surface area contributed by atoms with Crippen LogP contribution in [0.1, 0.15) is 13.3 Å². The van der Waals surface area contributed by atoms with Crippen LogP contribution in [0.4, 0.5) is 0 Å². The molecule has 1 atom stereocenters. The Hall–Kier alpha value is 0.01000. The van der Waals surface area contributed by atoms with Crippen molar-refractivity contribution >= 4 is 29.7 Å². The third kappa shape index (κ3) is 3.25. The maximum absolute atomic E-state index is 10.6. The third-order valence-electron chi connectivity index (χ3n) is 1.17. The molecule has 0 spiro atoms. The van der Waals surface area contributed by atoms with E-state index in [-0.39, 0.29) is 12.5 Å². The Labute approximate surface area is 69.5 Å². The fraction of sp³-hybridized carbons (Fsp3) is 0.800. The van der Waals surface area contributed by atoms with Crippen molar-refractivity contribution in [3.05, 3.63) is 0 Å². The SMILES string of the molecule is CCC(COCl)C(=O)OCl. The van der Waals surface area contributed by atoms with Crippen LogP contribution in [0.15, 0.2) is 0 Å². The summed E-state index contributed by atoms with van der Waals surface area (Å²) in [6, 6.07) is 0. The molecule has 0 aliphatic heterocycles. The highest BCUT2D eigenvalue weighted by Gasteiger charge is 2.17. The number of hydrogen-bond donors (Lipinski definition) is 0. The Kier molecular flexibility index (Phi) is 5.78. The smallest absolute Gasteiger partial charge is 0.330 e. The Morgan fingerprint density at radius 3 is 2.50 bits per heavy atom. The van der Waals surface area contributed by atoms with Gasteiger partial charge in [-0.25, -0.2) is 0 Å². The maximum atomic E-state index is 10.6. The maximum Gasteiger partial charge on any atom is 0.330 e. The van der Waals surface area contributed by atoms with E-state index in [2.05, 4.69) is 8.58 Å². The van der Waals surface area contributed by atoms with E-state index in [0.717, 1.165) is 0 Å². The topological polar surface area (TPSA) is 35.5 Å². The lowest BCUT2D eigenvalue weighted by Crippen LogP contribution is -2.17. The van der Waals surface area contributed by atoms with Crippen LogP contribution in [0.25, 0.3) is 0 Å². The van der Waals surface area contributed by atoms with Gasteiger partial charge in [-0.05, 0) is 6.42 Å². The lowest BCUT2D eigenvalue weighted by molar-refractivity contribution is -0.139. The standard InChI is InChI=1S/C5H8Cl2O3/c1-2-4(3-9-6)5(8)10-7/h4H,2-3H2,1H3. The van der Waals surface area contributed by atoms with E-state index in [0.29, 0.717) is 6.42 Å². The highest BCUT2D eigenvalue weighted by molar-refractivity contribution is 6.13. The molecule has 0 bridgehead atoms. The molecule has 5 heteroatoms. The van der Waals surface area contributed by atoms with Crippen LogP contribution in [-0.4, -0.2) is 12.6 Å². The second kappa shape index (κ2) is 5.77. The average molecular weight is 187 g/mol. The molecule has 0 radical (unpaired) electrons. The first-order valence-corrected chi connectivity index (χ1v) is 3.44. The first kappa shape index (κ1) is 10.0. The predicted molar refractivity (Wildman–Crippen MR) is 37.5 cm³/mol. The molecule has 0 fully saturated rings. The van der Waals surface area contributed by atoms with Crippen molar-refractivity contribution in [1.82, 2.24) is 0 Å². The van der Waals surface area contributed by atoms with Gasteiger partial charge in [-0.2, -0.15) is 0 Å². The molecular weight excluding hydrogens is 179 g/mol. The van der Waals surface area contributed by atoms with Crippen molar-refractivity contribution in [2.75, 3.05) is 6.61 Å². The number of carbonyl (C=O) groups is 1. The quantitative estimate of drug-likeness (QED) is 0.673. The highest BCUT2D eigenvalue weighted by atomic mass is 35.5. The summed E-state index contributed by atoms with van der Waals surface area (Å²) in [6.07, 6.45) is 0.596. The lowest BCUT2D eigenvalue weighted by Gasteiger charge is -2.06. The summed E-state index contributed by atoms with van der Waals surface area (Å²) in [4.78, 5) is 10.6. The monoisotopic (exact) mass is 186 g/mol. The van der Waals surface area contributed by atoms with Gasteiger partial charge in [0.2, 0.25) is 0 Å². The first-order chi connectivity index (χ1) is 4.76. The van der Waals surface area contributed by atoms with Crippen LogP contribution in [0.2, 0.25) is 0 Å². The second-order valence-corrected chi connectivity index (χ2v) is 2.15. The number of carbonyl (C=O) groups excluding carboxylic acids is 1. The lowest BCUT2D eigenvalue weighted by atomic mass is 10.1. The molecule has 0 saturated carbocycles. The van der Waals surface area contributed by atoms with Gasteiger partial charge in [0, 0.05) is 0 Å². The molecule has 0 aromatic heterocycles. The molecule has 0 rings (SSSR count). The normalized spacial score (nSPS) is 12.7. The molecule has 0 aliphatic carbocycles. The van der Waals surface area contributed by atoms with Crippen molar-refractivity contribution in [2.45, 2.75) is 13.3 Å². The van der Waals surface area contributed by atoms with E-state index in [1.807, 2.05) is 6.92 Å². The van der Waals surface area contributed by atoms with Crippen molar-refractivity contribution in [3.8, 4) is 0 Å². The Morgan fingerprint density at radius 1 is 1.60 bits per heavy atom. The summed E-state index contributed by atoms with van der Waals surface area (Å²) in [7, 11) is 0. The van der Waals surface area contributed by atoms with E-state index in [1.165, 1.54) is 0 Å². The molecular formula is C5H8Cl2O3. The third-order valence-corrected chi connectivity index (χ3v) is 1.44. The minimum atomic E-state index is -0.509. The van der Waals surface area contributed by atoms with Crippen LogP contribution in [0.5, 0.6) is 0 Å². The van der Waals surface area contributed by atoms with E-state index in [4.69, 9.17) is 23.7 Å². The molecule has 0 aliphatic rings. The van der Waals surface area contributed by atoms with E-state index in [9.17, 15) is 4.79 Å². The van der Waals surface area contributed by atoms with Crippen LogP contribution in [-0.2, 0) is 13.4 Å². The average Bonchev–Trinajstić information content (AvgIpc) is 1.99. The fourth-order valence-corrected chi connectivity index (χ4v) is 0.770. The van der Waals surface area contributed by atoms with Crippen LogP contribution >= 0.6 is 23.7 Å². The molecule has 0 heterocycles. The number of hydrogen-bond acceptors (Lipinski definition) is 3. The highest BCUT2D eigenvalue weighted by Crippen LogP contribution is 2.07. The van der Waals surface area contributed by atoms with Gasteiger partial charge in [-0.15, -0.1) is 0 Å². The van der Waals surface area contributed by atoms with Crippen molar-refractivity contribution < 1.29 is 13.4 Å². The van der Waals surface area contributed by atoms with Crippen LogP contribution in [0.3, 0.4) is 0 Å². The van der Waals surface area contributed by atoms with Crippen molar-refractivity contribution in [1.29, 1.82) is 0 Å². The van der Waals surface area contributed by atoms with Gasteiger partial charge in [0.05, 0.1) is 24.4 Å². The van der Waals surface area contributed by atoms with Gasteiger partial charge in [-0.3, -0.25) is 9.08 Å². The minimum absolute atomic E-state index is 0.129. The van der Waals surface area contributed by atoms with E-state index < -0.39 is 5.97 Å². The zero-order valence-electron chi connectivity index (χ0n) is 5.47. The summed E-state index contributed by atoms with van der Waals surface area (Å²) >= 11 is 9.74. The van der Waals surface area contributed by atoms with Crippen LogP contribution < -0.4 is 0 Å². The van der Waals surface area contributed by atoms with Crippen molar-refractivity contribution in [2.24, 2.45) is 5.92 Å². The molecule has 3 nitrogen and oxygen atoms in total. The van der Waals surface area contributed by atoms with Crippen molar-refractivity contribution in [3.63, 3.8) is 0 Å². The number of rotatable bonds is 4. The predicted octanol–water partition coefficient (Wildman–Crippen LogP) is 1.88. The Balaban J connectivity index is 3.68.